The summed E-state index contributed by atoms with van der Waals surface area (Å²) < 4.78 is 6.93. The standard InChI is InChI=1S/C12H18BrNOS/c1-2-10(11-4-3-5-15-11)14-7-9-6-12(13)16-8-9/h6,8,10-11,14H,2-5,7H2,1H3. The highest BCUT2D eigenvalue weighted by molar-refractivity contribution is 9.11. The van der Waals surface area contributed by atoms with Crippen molar-refractivity contribution >= 4 is 27.3 Å². The first-order valence-electron chi connectivity index (χ1n) is 5.87. The van der Waals surface area contributed by atoms with Crippen LogP contribution in [0.5, 0.6) is 0 Å². The van der Waals surface area contributed by atoms with Crippen LogP contribution in [0.15, 0.2) is 15.2 Å². The van der Waals surface area contributed by atoms with Gasteiger partial charge in [-0.3, -0.25) is 0 Å². The molecule has 1 fully saturated rings. The first-order valence-corrected chi connectivity index (χ1v) is 7.54. The van der Waals surface area contributed by atoms with Gasteiger partial charge in [0.2, 0.25) is 0 Å². The average Bonchev–Trinajstić information content (AvgIpc) is 2.91. The van der Waals surface area contributed by atoms with Gasteiger partial charge in [-0.2, -0.15) is 0 Å². The second kappa shape index (κ2) is 6.15. The molecule has 0 bridgehead atoms. The highest BCUT2D eigenvalue weighted by atomic mass is 79.9. The van der Waals surface area contributed by atoms with Crippen LogP contribution in [0.3, 0.4) is 0 Å². The number of rotatable bonds is 5. The summed E-state index contributed by atoms with van der Waals surface area (Å²) in [7, 11) is 0. The van der Waals surface area contributed by atoms with E-state index in [4.69, 9.17) is 4.74 Å². The van der Waals surface area contributed by atoms with E-state index in [9.17, 15) is 0 Å². The molecule has 2 atom stereocenters. The minimum atomic E-state index is 0.423. The predicted molar refractivity (Wildman–Crippen MR) is 71.9 cm³/mol. The van der Waals surface area contributed by atoms with E-state index in [1.54, 1.807) is 11.3 Å². The topological polar surface area (TPSA) is 21.3 Å². The number of hydrogen-bond acceptors (Lipinski definition) is 3. The van der Waals surface area contributed by atoms with Gasteiger partial charge < -0.3 is 10.1 Å². The van der Waals surface area contributed by atoms with E-state index < -0.39 is 0 Å². The maximum absolute atomic E-state index is 5.73. The Hall–Kier alpha value is 0.1000. The Morgan fingerprint density at radius 2 is 2.56 bits per heavy atom. The molecule has 1 N–H and O–H groups in total. The molecule has 0 amide bonds. The third-order valence-electron chi connectivity index (χ3n) is 3.04. The van der Waals surface area contributed by atoms with Crippen LogP contribution in [0.1, 0.15) is 31.7 Å². The van der Waals surface area contributed by atoms with Gasteiger partial charge in [0.25, 0.3) is 0 Å². The lowest BCUT2D eigenvalue weighted by molar-refractivity contribution is 0.0765. The first-order chi connectivity index (χ1) is 7.79. The monoisotopic (exact) mass is 303 g/mol. The quantitative estimate of drug-likeness (QED) is 0.898. The van der Waals surface area contributed by atoms with Gasteiger partial charge in [0.15, 0.2) is 0 Å². The van der Waals surface area contributed by atoms with Crippen molar-refractivity contribution in [3.8, 4) is 0 Å². The van der Waals surface area contributed by atoms with E-state index in [-0.39, 0.29) is 0 Å². The summed E-state index contributed by atoms with van der Waals surface area (Å²) in [5.41, 5.74) is 1.35. The highest BCUT2D eigenvalue weighted by Crippen LogP contribution is 2.22. The third-order valence-corrected chi connectivity index (χ3v) is 4.60. The second-order valence-electron chi connectivity index (χ2n) is 4.21. The van der Waals surface area contributed by atoms with Crippen LogP contribution in [-0.2, 0) is 11.3 Å². The minimum Gasteiger partial charge on any atom is -0.377 e. The van der Waals surface area contributed by atoms with Gasteiger partial charge in [-0.25, -0.2) is 0 Å². The van der Waals surface area contributed by atoms with Crippen molar-refractivity contribution in [2.24, 2.45) is 0 Å². The van der Waals surface area contributed by atoms with Gasteiger partial charge >= 0.3 is 0 Å². The fourth-order valence-corrected chi connectivity index (χ4v) is 3.36. The van der Waals surface area contributed by atoms with E-state index in [0.29, 0.717) is 12.1 Å². The lowest BCUT2D eigenvalue weighted by Gasteiger charge is -2.22. The molecular weight excluding hydrogens is 286 g/mol. The maximum Gasteiger partial charge on any atom is 0.0728 e. The molecule has 0 aliphatic carbocycles. The highest BCUT2D eigenvalue weighted by Gasteiger charge is 2.23. The van der Waals surface area contributed by atoms with Crippen LogP contribution >= 0.6 is 27.3 Å². The largest absolute Gasteiger partial charge is 0.377 e. The fourth-order valence-electron chi connectivity index (χ4n) is 2.15. The zero-order valence-corrected chi connectivity index (χ0v) is 11.9. The van der Waals surface area contributed by atoms with Gasteiger partial charge in [-0.1, -0.05) is 6.92 Å². The Kier molecular flexibility index (Phi) is 4.82. The van der Waals surface area contributed by atoms with E-state index >= 15 is 0 Å². The van der Waals surface area contributed by atoms with Gasteiger partial charge in [-0.15, -0.1) is 11.3 Å². The minimum absolute atomic E-state index is 0.423. The molecule has 0 radical (unpaired) electrons. The molecule has 1 aromatic heterocycles. The van der Waals surface area contributed by atoms with Crippen molar-refractivity contribution in [1.82, 2.24) is 5.32 Å². The fraction of sp³-hybridized carbons (Fsp3) is 0.667. The molecule has 2 heterocycles. The number of ether oxygens (including phenoxy) is 1. The molecule has 16 heavy (non-hydrogen) atoms. The van der Waals surface area contributed by atoms with Crippen LogP contribution in [0.25, 0.3) is 0 Å². The molecule has 90 valence electrons. The van der Waals surface area contributed by atoms with Crippen LogP contribution in [-0.4, -0.2) is 18.8 Å². The molecule has 2 nitrogen and oxygen atoms in total. The van der Waals surface area contributed by atoms with Crippen molar-refractivity contribution in [3.63, 3.8) is 0 Å². The Morgan fingerprint density at radius 1 is 1.69 bits per heavy atom. The Balaban J connectivity index is 1.82. The van der Waals surface area contributed by atoms with E-state index in [1.807, 2.05) is 0 Å². The molecule has 4 heteroatoms. The van der Waals surface area contributed by atoms with Gasteiger partial charge in [-0.05, 0) is 52.2 Å². The summed E-state index contributed by atoms with van der Waals surface area (Å²) in [5, 5.41) is 5.80. The van der Waals surface area contributed by atoms with Crippen LogP contribution < -0.4 is 5.32 Å². The maximum atomic E-state index is 5.73. The van der Waals surface area contributed by atoms with E-state index in [1.165, 1.54) is 22.2 Å². The summed E-state index contributed by atoms with van der Waals surface area (Å²) in [5.74, 6) is 0. The van der Waals surface area contributed by atoms with Crippen molar-refractivity contribution in [2.45, 2.75) is 44.9 Å². The van der Waals surface area contributed by atoms with E-state index in [0.717, 1.165) is 19.6 Å². The SMILES string of the molecule is CCC(NCc1csc(Br)c1)C1CCCO1. The van der Waals surface area contributed by atoms with Crippen LogP contribution in [0, 0.1) is 0 Å². The van der Waals surface area contributed by atoms with Gasteiger partial charge in [0, 0.05) is 19.2 Å². The van der Waals surface area contributed by atoms with Crippen molar-refractivity contribution in [3.05, 3.63) is 20.8 Å². The number of hydrogen-bond donors (Lipinski definition) is 1. The summed E-state index contributed by atoms with van der Waals surface area (Å²) in [6.45, 7) is 4.11. The van der Waals surface area contributed by atoms with E-state index in [2.05, 4.69) is 39.6 Å². The molecule has 1 aliphatic rings. The average molecular weight is 304 g/mol. The summed E-state index contributed by atoms with van der Waals surface area (Å²) >= 11 is 5.23. The molecule has 0 spiro atoms. The van der Waals surface area contributed by atoms with Crippen molar-refractivity contribution in [1.29, 1.82) is 0 Å². The smallest absolute Gasteiger partial charge is 0.0728 e. The Morgan fingerprint density at radius 3 is 3.12 bits per heavy atom. The summed E-state index contributed by atoms with van der Waals surface area (Å²) in [6.07, 6.45) is 3.98. The number of halogens is 1. The molecule has 1 saturated heterocycles. The molecular formula is C12H18BrNOS. The van der Waals surface area contributed by atoms with Gasteiger partial charge in [0.1, 0.15) is 0 Å². The number of nitrogens with one attached hydrogen (secondary N) is 1. The molecule has 0 aromatic carbocycles. The molecule has 0 saturated carbocycles. The summed E-state index contributed by atoms with van der Waals surface area (Å²) in [6, 6.07) is 2.68. The lowest BCUT2D eigenvalue weighted by atomic mass is 10.1. The molecule has 2 rings (SSSR count). The summed E-state index contributed by atoms with van der Waals surface area (Å²) in [4.78, 5) is 0. The Bertz CT molecular complexity index is 323. The molecule has 1 aromatic rings. The first kappa shape index (κ1) is 12.6. The number of thiophene rings is 1. The lowest BCUT2D eigenvalue weighted by Crippen LogP contribution is -2.38. The van der Waals surface area contributed by atoms with Crippen LogP contribution in [0.4, 0.5) is 0 Å². The second-order valence-corrected chi connectivity index (χ2v) is 6.50. The zero-order valence-electron chi connectivity index (χ0n) is 9.54. The zero-order chi connectivity index (χ0) is 11.4. The molecule has 1 aliphatic heterocycles. The molecule has 2 unspecified atom stereocenters. The normalized spacial score (nSPS) is 22.5. The van der Waals surface area contributed by atoms with Gasteiger partial charge in [0.05, 0.1) is 9.89 Å². The third kappa shape index (κ3) is 3.29. The van der Waals surface area contributed by atoms with Crippen molar-refractivity contribution < 1.29 is 4.74 Å². The predicted octanol–water partition coefficient (Wildman–Crippen LogP) is 3.56. The Labute approximate surface area is 110 Å². The van der Waals surface area contributed by atoms with Crippen LogP contribution in [0.2, 0.25) is 0 Å². The van der Waals surface area contributed by atoms with Crippen molar-refractivity contribution in [2.75, 3.05) is 6.61 Å².